The van der Waals surface area contributed by atoms with Crippen LogP contribution in [0.3, 0.4) is 0 Å². The first kappa shape index (κ1) is 24.7. The van der Waals surface area contributed by atoms with Gasteiger partial charge in [-0.05, 0) is 80.1 Å². The summed E-state index contributed by atoms with van der Waals surface area (Å²) in [5, 5.41) is 2.84. The Morgan fingerprint density at radius 1 is 0.973 bits per heavy atom. The summed E-state index contributed by atoms with van der Waals surface area (Å²) in [6.45, 7) is 2.57. The van der Waals surface area contributed by atoms with Crippen molar-refractivity contribution in [3.63, 3.8) is 0 Å². The lowest BCUT2D eigenvalue weighted by Gasteiger charge is -2.28. The zero-order valence-corrected chi connectivity index (χ0v) is 20.8. The normalized spacial score (nSPS) is 16.2. The molecule has 2 amide bonds. The van der Waals surface area contributed by atoms with Crippen molar-refractivity contribution in [1.29, 1.82) is 0 Å². The van der Waals surface area contributed by atoms with E-state index in [-0.39, 0.29) is 17.3 Å². The molecule has 1 aliphatic carbocycles. The van der Waals surface area contributed by atoms with Gasteiger partial charge < -0.3 is 15.0 Å². The number of amides is 2. The highest BCUT2D eigenvalue weighted by Gasteiger charge is 2.28. The van der Waals surface area contributed by atoms with Crippen LogP contribution in [0.1, 0.15) is 65.3 Å². The first-order valence-electron chi connectivity index (χ1n) is 12.7. The van der Waals surface area contributed by atoms with E-state index in [1.807, 2.05) is 19.1 Å². The lowest BCUT2D eigenvalue weighted by Crippen LogP contribution is -2.35. The summed E-state index contributed by atoms with van der Waals surface area (Å²) in [6.07, 6.45) is 3.23. The van der Waals surface area contributed by atoms with Gasteiger partial charge in [0.1, 0.15) is 11.6 Å². The van der Waals surface area contributed by atoms with Crippen molar-refractivity contribution in [2.45, 2.75) is 51.6 Å². The number of anilines is 2. The van der Waals surface area contributed by atoms with E-state index in [1.54, 1.807) is 41.3 Å². The molecule has 0 saturated carbocycles. The first-order valence-corrected chi connectivity index (χ1v) is 12.7. The number of hydrogen-bond acceptors (Lipinski definition) is 4. The van der Waals surface area contributed by atoms with Crippen LogP contribution < -0.4 is 15.0 Å². The summed E-state index contributed by atoms with van der Waals surface area (Å²) < 4.78 is 20.8. The predicted molar refractivity (Wildman–Crippen MR) is 139 cm³/mol. The van der Waals surface area contributed by atoms with Crippen molar-refractivity contribution in [2.24, 2.45) is 0 Å². The van der Waals surface area contributed by atoms with Gasteiger partial charge in [-0.15, -0.1) is 0 Å². The number of piperidine rings is 1. The van der Waals surface area contributed by atoms with Crippen molar-refractivity contribution in [3.05, 3.63) is 88.7 Å². The monoisotopic (exact) mass is 500 g/mol. The second kappa shape index (κ2) is 10.5. The summed E-state index contributed by atoms with van der Waals surface area (Å²) in [6, 6.07) is 16.5. The van der Waals surface area contributed by atoms with E-state index in [0.29, 0.717) is 36.4 Å². The third-order valence-electron chi connectivity index (χ3n) is 6.99. The Labute approximate surface area is 215 Å². The fourth-order valence-electron chi connectivity index (χ4n) is 5.07. The number of nitrogens with zero attached hydrogens (tertiary/aromatic N) is 1. The highest BCUT2D eigenvalue weighted by molar-refractivity contribution is 5.99. The number of ketones is 1. The minimum atomic E-state index is -1.28. The van der Waals surface area contributed by atoms with E-state index < -0.39 is 17.8 Å². The number of halogens is 1. The van der Waals surface area contributed by atoms with Gasteiger partial charge in [-0.1, -0.05) is 24.3 Å². The number of hydrogen-bond donors (Lipinski definition) is 1. The molecule has 2 aliphatic rings. The average molecular weight is 501 g/mol. The van der Waals surface area contributed by atoms with Crippen molar-refractivity contribution in [2.75, 3.05) is 16.8 Å². The Hall–Kier alpha value is -4.00. The molecule has 0 aromatic heterocycles. The highest BCUT2D eigenvalue weighted by Crippen LogP contribution is 2.31. The smallest absolute Gasteiger partial charge is 0.270 e. The molecular weight excluding hydrogens is 471 g/mol. The largest absolute Gasteiger partial charge is 0.476 e. The molecule has 6 nitrogen and oxygen atoms in total. The number of carbonyl (C=O) groups excluding carboxylic acids is 3. The van der Waals surface area contributed by atoms with E-state index in [0.717, 1.165) is 42.5 Å². The van der Waals surface area contributed by atoms with E-state index in [1.165, 1.54) is 12.1 Å². The molecule has 7 heteroatoms. The molecule has 1 heterocycles. The summed E-state index contributed by atoms with van der Waals surface area (Å²) >= 11 is 0. The third-order valence-corrected chi connectivity index (χ3v) is 6.99. The molecule has 1 aliphatic heterocycles. The fraction of sp³-hybridized carbons (Fsp3) is 0.300. The summed E-state index contributed by atoms with van der Waals surface area (Å²) in [7, 11) is 0. The molecule has 190 valence electrons. The van der Waals surface area contributed by atoms with Crippen molar-refractivity contribution < 1.29 is 23.5 Å². The van der Waals surface area contributed by atoms with Crippen LogP contribution in [0.5, 0.6) is 5.75 Å². The standard InChI is InChI=1S/C30H29FN2O4/c1-19-17-21(13-15-26(19)33-16-5-4-11-28(33)35)32-30(36)29(23-8-2-3-9-25(23)31)37-22-14-12-20-7-6-10-27(34)24(20)18-22/h2-3,8-9,12-15,17-18,29H,4-7,10-11,16H2,1H3,(H,32,36). The Morgan fingerprint density at radius 3 is 2.59 bits per heavy atom. The van der Waals surface area contributed by atoms with Gasteiger partial charge in [-0.25, -0.2) is 4.39 Å². The lowest BCUT2D eigenvalue weighted by molar-refractivity contribution is -0.123. The predicted octanol–water partition coefficient (Wildman–Crippen LogP) is 5.93. The summed E-state index contributed by atoms with van der Waals surface area (Å²) in [5.74, 6) is -0.640. The molecule has 1 unspecified atom stereocenters. The van der Waals surface area contributed by atoms with Gasteiger partial charge in [0.15, 0.2) is 5.78 Å². The highest BCUT2D eigenvalue weighted by atomic mass is 19.1. The molecule has 5 rings (SSSR count). The van der Waals surface area contributed by atoms with Gasteiger partial charge in [0, 0.05) is 41.9 Å². The quantitative estimate of drug-likeness (QED) is 0.455. The molecule has 1 atom stereocenters. The number of aryl methyl sites for hydroxylation is 2. The third kappa shape index (κ3) is 5.26. The molecular formula is C30H29FN2O4. The summed E-state index contributed by atoms with van der Waals surface area (Å²) in [5.41, 5.74) is 3.83. The maximum absolute atomic E-state index is 14.8. The van der Waals surface area contributed by atoms with Crippen LogP contribution in [0.4, 0.5) is 15.8 Å². The second-order valence-electron chi connectivity index (χ2n) is 9.61. The molecule has 1 saturated heterocycles. The minimum Gasteiger partial charge on any atom is -0.476 e. The number of ether oxygens (including phenoxy) is 1. The van der Waals surface area contributed by atoms with E-state index in [4.69, 9.17) is 4.74 Å². The van der Waals surface area contributed by atoms with Gasteiger partial charge in [-0.3, -0.25) is 14.4 Å². The first-order chi connectivity index (χ1) is 17.9. The number of rotatable bonds is 6. The molecule has 1 fully saturated rings. The number of Topliss-reactive ketones (excluding diaryl/α,β-unsaturated/α-hetero) is 1. The van der Waals surface area contributed by atoms with Crippen LogP contribution in [0, 0.1) is 12.7 Å². The van der Waals surface area contributed by atoms with Crippen molar-refractivity contribution in [3.8, 4) is 5.75 Å². The molecule has 0 radical (unpaired) electrons. The second-order valence-corrected chi connectivity index (χ2v) is 9.61. The Bertz CT molecular complexity index is 1370. The van der Waals surface area contributed by atoms with Crippen LogP contribution in [0.15, 0.2) is 60.7 Å². The molecule has 37 heavy (non-hydrogen) atoms. The lowest BCUT2D eigenvalue weighted by atomic mass is 9.90. The summed E-state index contributed by atoms with van der Waals surface area (Å²) in [4.78, 5) is 40.0. The van der Waals surface area contributed by atoms with Crippen LogP contribution in [0.2, 0.25) is 0 Å². The van der Waals surface area contributed by atoms with Crippen molar-refractivity contribution >= 4 is 29.0 Å². The van der Waals surface area contributed by atoms with Crippen LogP contribution in [0.25, 0.3) is 0 Å². The van der Waals surface area contributed by atoms with Gasteiger partial charge >= 0.3 is 0 Å². The van der Waals surface area contributed by atoms with Crippen molar-refractivity contribution in [1.82, 2.24) is 0 Å². The number of carbonyl (C=O) groups is 3. The van der Waals surface area contributed by atoms with E-state index in [9.17, 15) is 18.8 Å². The fourth-order valence-corrected chi connectivity index (χ4v) is 5.07. The van der Waals surface area contributed by atoms with Gasteiger partial charge in [-0.2, -0.15) is 0 Å². The maximum atomic E-state index is 14.8. The van der Waals surface area contributed by atoms with E-state index in [2.05, 4.69) is 5.32 Å². The van der Waals surface area contributed by atoms with Crippen LogP contribution >= 0.6 is 0 Å². The van der Waals surface area contributed by atoms with Gasteiger partial charge in [0.2, 0.25) is 12.0 Å². The Balaban J connectivity index is 1.41. The topological polar surface area (TPSA) is 75.7 Å². The maximum Gasteiger partial charge on any atom is 0.270 e. The number of nitrogens with one attached hydrogen (secondary N) is 1. The molecule has 0 bridgehead atoms. The molecule has 3 aromatic rings. The molecule has 3 aromatic carbocycles. The number of benzene rings is 3. The van der Waals surface area contributed by atoms with Crippen LogP contribution in [-0.2, 0) is 16.0 Å². The zero-order chi connectivity index (χ0) is 25.9. The molecule has 1 N–H and O–H groups in total. The Morgan fingerprint density at radius 2 is 1.81 bits per heavy atom. The van der Waals surface area contributed by atoms with Gasteiger partial charge in [0.05, 0.1) is 0 Å². The molecule has 0 spiro atoms. The minimum absolute atomic E-state index is 0.0429. The van der Waals surface area contributed by atoms with Gasteiger partial charge in [0.25, 0.3) is 5.91 Å². The average Bonchev–Trinajstić information content (AvgIpc) is 2.89. The van der Waals surface area contributed by atoms with E-state index >= 15 is 0 Å². The Kier molecular flexibility index (Phi) is 7.04. The SMILES string of the molecule is Cc1cc(NC(=O)C(Oc2ccc3c(c2)C(=O)CCC3)c2ccccc2F)ccc1N1CCCCC1=O. The zero-order valence-electron chi connectivity index (χ0n) is 20.8. The van der Waals surface area contributed by atoms with Crippen LogP contribution in [-0.4, -0.2) is 24.1 Å². The number of fused-ring (bicyclic) bond motifs is 1.